The van der Waals surface area contributed by atoms with Gasteiger partial charge in [0.2, 0.25) is 0 Å². The Hall–Kier alpha value is -3.75. The van der Waals surface area contributed by atoms with Gasteiger partial charge >= 0.3 is 12.1 Å². The molecule has 0 saturated heterocycles. The molecule has 0 saturated carbocycles. The predicted molar refractivity (Wildman–Crippen MR) is 125 cm³/mol. The highest BCUT2D eigenvalue weighted by molar-refractivity contribution is 6.03. The van der Waals surface area contributed by atoms with Crippen LogP contribution in [0.2, 0.25) is 0 Å². The van der Waals surface area contributed by atoms with Crippen molar-refractivity contribution in [1.29, 1.82) is 0 Å². The van der Waals surface area contributed by atoms with Crippen molar-refractivity contribution < 1.29 is 37.0 Å². The minimum Gasteiger partial charge on any atom is -0.496 e. The summed E-state index contributed by atoms with van der Waals surface area (Å²) in [4.78, 5) is 25.8. The van der Waals surface area contributed by atoms with E-state index in [0.29, 0.717) is 46.6 Å². The molecule has 36 heavy (non-hydrogen) atoms. The Morgan fingerprint density at radius 2 is 1.89 bits per heavy atom. The number of dihydropyridines is 1. The molecule has 6 nitrogen and oxygen atoms in total. The van der Waals surface area contributed by atoms with Crippen molar-refractivity contribution in [1.82, 2.24) is 5.32 Å². The highest BCUT2D eigenvalue weighted by Gasteiger charge is 2.39. The van der Waals surface area contributed by atoms with Crippen molar-refractivity contribution in [3.8, 4) is 11.5 Å². The van der Waals surface area contributed by atoms with Crippen molar-refractivity contribution in [3.05, 3.63) is 81.7 Å². The Bertz CT molecular complexity index is 1260. The fraction of sp³-hybridized carbons (Fsp3) is 0.333. The smallest absolute Gasteiger partial charge is 0.416 e. The van der Waals surface area contributed by atoms with E-state index in [9.17, 15) is 22.8 Å². The topological polar surface area (TPSA) is 73.9 Å². The van der Waals surface area contributed by atoms with Crippen molar-refractivity contribution in [2.24, 2.45) is 0 Å². The number of carbonyl (C=O) groups is 2. The van der Waals surface area contributed by atoms with Crippen LogP contribution < -0.4 is 14.8 Å². The lowest BCUT2D eigenvalue weighted by atomic mass is 9.75. The number of alkyl halides is 3. The van der Waals surface area contributed by atoms with Gasteiger partial charge in [0.1, 0.15) is 18.1 Å². The van der Waals surface area contributed by atoms with E-state index in [1.165, 1.54) is 26.4 Å². The maximum atomic E-state index is 13.1. The summed E-state index contributed by atoms with van der Waals surface area (Å²) in [5, 5.41) is 3.21. The first kappa shape index (κ1) is 25.3. The number of allylic oxidation sites excluding steroid dienone is 3. The molecule has 1 aliphatic carbocycles. The highest BCUT2D eigenvalue weighted by Crippen LogP contribution is 2.43. The maximum Gasteiger partial charge on any atom is 0.416 e. The highest BCUT2D eigenvalue weighted by atomic mass is 19.4. The van der Waals surface area contributed by atoms with E-state index in [-0.39, 0.29) is 18.1 Å². The van der Waals surface area contributed by atoms with E-state index < -0.39 is 23.6 Å². The molecule has 0 radical (unpaired) electrons. The van der Waals surface area contributed by atoms with Gasteiger partial charge in [-0.1, -0.05) is 12.1 Å². The van der Waals surface area contributed by atoms with Crippen LogP contribution in [-0.4, -0.2) is 26.0 Å². The number of benzene rings is 2. The number of ketones is 1. The fourth-order valence-electron chi connectivity index (χ4n) is 4.71. The summed E-state index contributed by atoms with van der Waals surface area (Å²) in [5.74, 6) is -0.728. The van der Waals surface area contributed by atoms with Crippen LogP contribution in [0.4, 0.5) is 13.2 Å². The van der Waals surface area contributed by atoms with Crippen molar-refractivity contribution >= 4 is 11.8 Å². The summed E-state index contributed by atoms with van der Waals surface area (Å²) < 4.78 is 55.4. The number of Topliss-reactive ketones (excluding diaryl/α,β-unsaturated/α-hetero) is 1. The molecule has 190 valence electrons. The fourth-order valence-corrected chi connectivity index (χ4v) is 4.71. The minimum atomic E-state index is -4.49. The molecule has 2 aliphatic rings. The van der Waals surface area contributed by atoms with Crippen LogP contribution in [0, 0.1) is 0 Å². The first-order valence-corrected chi connectivity index (χ1v) is 11.4. The van der Waals surface area contributed by atoms with Crippen molar-refractivity contribution in [3.63, 3.8) is 0 Å². The van der Waals surface area contributed by atoms with E-state index >= 15 is 0 Å². The summed E-state index contributed by atoms with van der Waals surface area (Å²) in [6.07, 6.45) is -2.70. The Labute approximate surface area is 206 Å². The molecule has 1 unspecified atom stereocenters. The largest absolute Gasteiger partial charge is 0.496 e. The van der Waals surface area contributed by atoms with Gasteiger partial charge in [-0.15, -0.1) is 0 Å². The van der Waals surface area contributed by atoms with Crippen molar-refractivity contribution in [2.45, 2.75) is 44.9 Å². The number of carbonyl (C=O) groups excluding carboxylic acids is 2. The number of ether oxygens (including phenoxy) is 3. The zero-order valence-electron chi connectivity index (χ0n) is 20.1. The van der Waals surface area contributed by atoms with E-state index in [0.717, 1.165) is 24.3 Å². The quantitative estimate of drug-likeness (QED) is 0.532. The van der Waals surface area contributed by atoms with E-state index in [2.05, 4.69) is 5.32 Å². The van der Waals surface area contributed by atoms with Crippen LogP contribution in [0.1, 0.15) is 48.8 Å². The van der Waals surface area contributed by atoms with Crippen molar-refractivity contribution in [2.75, 3.05) is 14.2 Å². The van der Waals surface area contributed by atoms with Gasteiger partial charge < -0.3 is 19.5 Å². The first-order valence-electron chi connectivity index (χ1n) is 11.4. The number of hydrogen-bond acceptors (Lipinski definition) is 6. The lowest BCUT2D eigenvalue weighted by Crippen LogP contribution is -2.34. The summed E-state index contributed by atoms with van der Waals surface area (Å²) >= 11 is 0. The molecule has 0 bridgehead atoms. The number of rotatable bonds is 6. The molecule has 2 aromatic carbocycles. The Kier molecular flexibility index (Phi) is 7.10. The number of esters is 1. The number of halogens is 3. The monoisotopic (exact) mass is 501 g/mol. The molecule has 0 fully saturated rings. The van der Waals surface area contributed by atoms with Crippen LogP contribution in [-0.2, 0) is 27.1 Å². The molecule has 0 spiro atoms. The molecule has 1 aliphatic heterocycles. The van der Waals surface area contributed by atoms with Crippen LogP contribution >= 0.6 is 0 Å². The molecule has 1 heterocycles. The maximum absolute atomic E-state index is 13.1. The zero-order chi connectivity index (χ0) is 26.0. The number of methoxy groups -OCH3 is 2. The van der Waals surface area contributed by atoms with Crippen LogP contribution in [0.15, 0.2) is 65.0 Å². The summed E-state index contributed by atoms with van der Waals surface area (Å²) in [5.41, 5.74) is 2.66. The number of hydrogen-bond donors (Lipinski definition) is 1. The van der Waals surface area contributed by atoms with Gasteiger partial charge in [-0.3, -0.25) is 4.79 Å². The lowest BCUT2D eigenvalue weighted by molar-refractivity contribution is -0.138. The van der Waals surface area contributed by atoms with E-state index in [1.807, 2.05) is 0 Å². The van der Waals surface area contributed by atoms with E-state index in [4.69, 9.17) is 14.2 Å². The van der Waals surface area contributed by atoms with Gasteiger partial charge in [0.25, 0.3) is 0 Å². The molecular formula is C27H26F3NO5. The van der Waals surface area contributed by atoms with E-state index in [1.54, 1.807) is 25.1 Å². The Morgan fingerprint density at radius 1 is 1.11 bits per heavy atom. The van der Waals surface area contributed by atoms with Gasteiger partial charge in [-0.2, -0.15) is 13.2 Å². The normalized spacial score (nSPS) is 17.9. The predicted octanol–water partition coefficient (Wildman–Crippen LogP) is 5.43. The Morgan fingerprint density at radius 3 is 2.58 bits per heavy atom. The lowest BCUT2D eigenvalue weighted by Gasteiger charge is -2.34. The van der Waals surface area contributed by atoms with Gasteiger partial charge in [-0.25, -0.2) is 4.79 Å². The average molecular weight is 502 g/mol. The summed E-state index contributed by atoms with van der Waals surface area (Å²) in [6.45, 7) is 1.68. The molecule has 4 rings (SSSR count). The summed E-state index contributed by atoms with van der Waals surface area (Å²) in [7, 11) is 2.76. The van der Waals surface area contributed by atoms with Crippen LogP contribution in [0.25, 0.3) is 0 Å². The zero-order valence-corrected chi connectivity index (χ0v) is 20.1. The van der Waals surface area contributed by atoms with Gasteiger partial charge in [-0.05, 0) is 55.7 Å². The van der Waals surface area contributed by atoms with Crippen LogP contribution in [0.3, 0.4) is 0 Å². The molecule has 1 N–H and O–H groups in total. The molecule has 9 heteroatoms. The second-order valence-corrected chi connectivity index (χ2v) is 8.64. The molecule has 2 aromatic rings. The first-order chi connectivity index (χ1) is 17.1. The second-order valence-electron chi connectivity index (χ2n) is 8.64. The van der Waals surface area contributed by atoms with Gasteiger partial charge in [0.05, 0.1) is 25.4 Å². The number of nitrogens with one attached hydrogen (secondary N) is 1. The molecule has 0 aromatic heterocycles. The third kappa shape index (κ3) is 4.96. The molecule has 1 atom stereocenters. The Balaban J connectivity index is 1.73. The molecular weight excluding hydrogens is 475 g/mol. The molecule has 0 amide bonds. The third-order valence-electron chi connectivity index (χ3n) is 6.37. The summed E-state index contributed by atoms with van der Waals surface area (Å²) in [6, 6.07) is 9.84. The second kappa shape index (κ2) is 10.1. The van der Waals surface area contributed by atoms with Crippen LogP contribution in [0.5, 0.6) is 11.5 Å². The third-order valence-corrected chi connectivity index (χ3v) is 6.37. The standard InChI is InChI=1S/C27H26F3NO5/c1-15-23(26(33)35-3)24(25-20(31-15)8-5-9-21(25)32)16-10-11-22(34-2)17(12-16)14-36-19-7-4-6-18(13-19)27(28,29)30/h4,6-7,10-13,24,31H,5,8-9,14H2,1-3H3. The van der Waals surface area contributed by atoms with Gasteiger partial charge in [0, 0.05) is 34.9 Å². The SMILES string of the molecule is COC(=O)C1=C(C)NC2=C(C(=O)CCC2)C1c1ccc(OC)c(COc2cccc(C(F)(F)F)c2)c1. The average Bonchev–Trinajstić information content (AvgIpc) is 2.86. The van der Waals surface area contributed by atoms with Gasteiger partial charge in [0.15, 0.2) is 5.78 Å². The minimum absolute atomic E-state index is 0.0414.